The summed E-state index contributed by atoms with van der Waals surface area (Å²) in [5, 5.41) is 16.1. The Kier molecular flexibility index (Phi) is 4.39. The van der Waals surface area contributed by atoms with Crippen molar-refractivity contribution in [3.63, 3.8) is 0 Å². The topological polar surface area (TPSA) is 101 Å². The number of ether oxygens (including phenoxy) is 1. The summed E-state index contributed by atoms with van der Waals surface area (Å²) in [7, 11) is 0. The van der Waals surface area contributed by atoms with Gasteiger partial charge in [0, 0.05) is 6.08 Å². The first-order chi connectivity index (χ1) is 5.97. The van der Waals surface area contributed by atoms with E-state index in [0.29, 0.717) is 0 Å². The summed E-state index contributed by atoms with van der Waals surface area (Å²) in [6.07, 6.45) is -0.582. The van der Waals surface area contributed by atoms with Crippen LogP contribution in [0.4, 0.5) is 0 Å². The van der Waals surface area contributed by atoms with Crippen LogP contribution < -0.4 is 0 Å². The lowest BCUT2D eigenvalue weighted by atomic mass is 10.3. The molecule has 1 fully saturated rings. The number of esters is 2. The first kappa shape index (κ1) is 11.3. The number of carbonyl (C=O) groups excluding carboxylic acids is 2. The van der Waals surface area contributed by atoms with Gasteiger partial charge in [-0.3, -0.25) is 4.79 Å². The summed E-state index contributed by atoms with van der Waals surface area (Å²) >= 11 is 0. The number of carboxylic acids is 1. The predicted molar refractivity (Wildman–Crippen MR) is 39.6 cm³/mol. The van der Waals surface area contributed by atoms with Crippen molar-refractivity contribution in [1.82, 2.24) is 0 Å². The van der Waals surface area contributed by atoms with E-state index in [0.717, 1.165) is 6.08 Å². The molecule has 1 heterocycles. The molecular formula is C7H8O6. The molecule has 1 saturated heterocycles. The second-order valence-corrected chi connectivity index (χ2v) is 2.06. The highest BCUT2D eigenvalue weighted by molar-refractivity contribution is 5.95. The second-order valence-electron chi connectivity index (χ2n) is 2.06. The van der Waals surface area contributed by atoms with Crippen molar-refractivity contribution >= 4 is 17.9 Å². The minimum Gasteiger partial charge on any atom is -0.478 e. The van der Waals surface area contributed by atoms with Crippen molar-refractivity contribution in [1.29, 1.82) is 0 Å². The van der Waals surface area contributed by atoms with Crippen LogP contribution in [0.5, 0.6) is 0 Å². The molecule has 1 aliphatic rings. The standard InChI is InChI=1S/C4H4O4.C3H4O2/c5-2-1-3(6)8-4(2)7;1-2-3(4)5/h2,5H,1H2;2H,1H2,(H,4,5). The third-order valence-electron chi connectivity index (χ3n) is 1.02. The van der Waals surface area contributed by atoms with Crippen LogP contribution in [0.15, 0.2) is 12.7 Å². The third-order valence-corrected chi connectivity index (χ3v) is 1.02. The fourth-order valence-corrected chi connectivity index (χ4v) is 0.463. The molecule has 0 radical (unpaired) electrons. The highest BCUT2D eigenvalue weighted by Crippen LogP contribution is 2.05. The fourth-order valence-electron chi connectivity index (χ4n) is 0.463. The lowest BCUT2D eigenvalue weighted by Crippen LogP contribution is -2.11. The third kappa shape index (κ3) is 4.70. The Balaban J connectivity index is 0.000000252. The zero-order valence-electron chi connectivity index (χ0n) is 6.60. The van der Waals surface area contributed by atoms with Gasteiger partial charge in [0.05, 0.1) is 6.42 Å². The molecule has 0 aliphatic carbocycles. The summed E-state index contributed by atoms with van der Waals surface area (Å²) in [5.41, 5.74) is 0. The summed E-state index contributed by atoms with van der Waals surface area (Å²) in [5.74, 6) is -2.47. The molecule has 0 saturated carbocycles. The molecule has 0 spiro atoms. The monoisotopic (exact) mass is 188 g/mol. The van der Waals surface area contributed by atoms with Crippen LogP contribution in [0.2, 0.25) is 0 Å². The van der Waals surface area contributed by atoms with Gasteiger partial charge in [-0.2, -0.15) is 0 Å². The van der Waals surface area contributed by atoms with Crippen LogP contribution in [0.3, 0.4) is 0 Å². The number of hydrogen-bond acceptors (Lipinski definition) is 5. The first-order valence-corrected chi connectivity index (χ1v) is 3.25. The molecule has 0 amide bonds. The van der Waals surface area contributed by atoms with Crippen LogP contribution in [-0.4, -0.2) is 34.2 Å². The van der Waals surface area contributed by atoms with E-state index in [-0.39, 0.29) is 6.42 Å². The van der Waals surface area contributed by atoms with Crippen LogP contribution in [0.1, 0.15) is 6.42 Å². The molecule has 1 unspecified atom stereocenters. The van der Waals surface area contributed by atoms with Crippen LogP contribution in [0, 0.1) is 0 Å². The minimum absolute atomic E-state index is 0.196. The Labute approximate surface area is 73.4 Å². The highest BCUT2D eigenvalue weighted by atomic mass is 16.6. The van der Waals surface area contributed by atoms with Crippen molar-refractivity contribution in [2.75, 3.05) is 0 Å². The predicted octanol–water partition coefficient (Wildman–Crippen LogP) is -0.922. The zero-order chi connectivity index (χ0) is 10.4. The van der Waals surface area contributed by atoms with Gasteiger partial charge < -0.3 is 14.9 Å². The Morgan fingerprint density at radius 2 is 2.08 bits per heavy atom. The molecule has 0 aromatic carbocycles. The zero-order valence-corrected chi connectivity index (χ0v) is 6.60. The molecule has 2 N–H and O–H groups in total. The van der Waals surface area contributed by atoms with E-state index in [9.17, 15) is 14.4 Å². The molecule has 72 valence electrons. The quantitative estimate of drug-likeness (QED) is 0.313. The van der Waals surface area contributed by atoms with Crippen LogP contribution >= 0.6 is 0 Å². The van der Waals surface area contributed by atoms with Gasteiger partial charge in [-0.25, -0.2) is 9.59 Å². The summed E-state index contributed by atoms with van der Waals surface area (Å²) in [4.78, 5) is 29.4. The van der Waals surface area contributed by atoms with Gasteiger partial charge in [-0.15, -0.1) is 0 Å². The van der Waals surface area contributed by atoms with E-state index in [1.165, 1.54) is 0 Å². The number of rotatable bonds is 1. The Morgan fingerprint density at radius 1 is 1.62 bits per heavy atom. The van der Waals surface area contributed by atoms with E-state index in [1.54, 1.807) is 0 Å². The lowest BCUT2D eigenvalue weighted by Gasteiger charge is -1.86. The molecule has 1 aliphatic heterocycles. The van der Waals surface area contributed by atoms with E-state index in [4.69, 9.17) is 10.2 Å². The lowest BCUT2D eigenvalue weighted by molar-refractivity contribution is -0.154. The molecule has 6 heteroatoms. The van der Waals surface area contributed by atoms with Gasteiger partial charge >= 0.3 is 17.9 Å². The van der Waals surface area contributed by atoms with Crippen molar-refractivity contribution in [2.24, 2.45) is 0 Å². The Hall–Kier alpha value is -1.69. The number of cyclic esters (lactones) is 2. The summed E-state index contributed by atoms with van der Waals surface area (Å²) < 4.78 is 3.95. The molecule has 1 rings (SSSR count). The molecule has 0 aromatic rings. The fraction of sp³-hybridized carbons (Fsp3) is 0.286. The number of aliphatic hydroxyl groups is 1. The second kappa shape index (κ2) is 5.04. The minimum atomic E-state index is -1.22. The van der Waals surface area contributed by atoms with Gasteiger partial charge in [0.25, 0.3) is 0 Å². The van der Waals surface area contributed by atoms with Gasteiger partial charge in [-0.05, 0) is 0 Å². The van der Waals surface area contributed by atoms with Gasteiger partial charge in [0.15, 0.2) is 6.10 Å². The van der Waals surface area contributed by atoms with Crippen molar-refractivity contribution < 1.29 is 29.3 Å². The molecule has 1 atom stereocenters. The summed E-state index contributed by atoms with van der Waals surface area (Å²) in [6.45, 7) is 2.96. The van der Waals surface area contributed by atoms with Crippen molar-refractivity contribution in [3.05, 3.63) is 12.7 Å². The molecule has 13 heavy (non-hydrogen) atoms. The van der Waals surface area contributed by atoms with E-state index < -0.39 is 24.0 Å². The smallest absolute Gasteiger partial charge is 0.343 e. The van der Waals surface area contributed by atoms with E-state index >= 15 is 0 Å². The molecular weight excluding hydrogens is 180 g/mol. The van der Waals surface area contributed by atoms with Gasteiger partial charge in [0.1, 0.15) is 0 Å². The number of hydrogen-bond donors (Lipinski definition) is 2. The van der Waals surface area contributed by atoms with Crippen LogP contribution in [0.25, 0.3) is 0 Å². The SMILES string of the molecule is C=CC(=O)O.O=C1CC(O)C(=O)O1. The maximum atomic E-state index is 10.1. The molecule has 0 bridgehead atoms. The van der Waals surface area contributed by atoms with E-state index in [1.807, 2.05) is 0 Å². The summed E-state index contributed by atoms with van der Waals surface area (Å²) in [6, 6.07) is 0. The van der Waals surface area contributed by atoms with Gasteiger partial charge in [-0.1, -0.05) is 6.58 Å². The number of carboxylic acid groups (broad SMARTS) is 1. The molecule has 0 aromatic heterocycles. The average molecular weight is 188 g/mol. The maximum Gasteiger partial charge on any atom is 0.343 e. The Morgan fingerprint density at radius 3 is 2.15 bits per heavy atom. The van der Waals surface area contributed by atoms with Crippen molar-refractivity contribution in [2.45, 2.75) is 12.5 Å². The highest BCUT2D eigenvalue weighted by Gasteiger charge is 2.30. The van der Waals surface area contributed by atoms with E-state index in [2.05, 4.69) is 11.3 Å². The normalized spacial score (nSPS) is 19.9. The van der Waals surface area contributed by atoms with Gasteiger partial charge in [0.2, 0.25) is 0 Å². The molecule has 6 nitrogen and oxygen atoms in total. The number of carbonyl (C=O) groups is 3. The number of aliphatic carboxylic acids is 1. The Bertz CT molecular complexity index is 243. The van der Waals surface area contributed by atoms with Crippen LogP contribution in [-0.2, 0) is 19.1 Å². The maximum absolute atomic E-state index is 10.1. The first-order valence-electron chi connectivity index (χ1n) is 3.25. The largest absolute Gasteiger partial charge is 0.478 e. The number of aliphatic hydroxyl groups excluding tert-OH is 1. The average Bonchev–Trinajstić information content (AvgIpc) is 2.31. The van der Waals surface area contributed by atoms with Crippen molar-refractivity contribution in [3.8, 4) is 0 Å².